The highest BCUT2D eigenvalue weighted by molar-refractivity contribution is 5.74. The lowest BCUT2D eigenvalue weighted by atomic mass is 9.98. The summed E-state index contributed by atoms with van der Waals surface area (Å²) in [4.78, 5) is 23.7. The summed E-state index contributed by atoms with van der Waals surface area (Å²) in [6.45, 7) is 1.67. The highest BCUT2D eigenvalue weighted by atomic mass is 19.1. The third-order valence-corrected chi connectivity index (χ3v) is 6.60. The zero-order valence-electron chi connectivity index (χ0n) is 20.4. The van der Waals surface area contributed by atoms with Crippen molar-refractivity contribution in [2.75, 3.05) is 19.6 Å². The first-order valence-electron chi connectivity index (χ1n) is 12.5. The summed E-state index contributed by atoms with van der Waals surface area (Å²) in [6.07, 6.45) is 6.72. The second kappa shape index (κ2) is 11.3. The molecule has 37 heavy (non-hydrogen) atoms. The van der Waals surface area contributed by atoms with Gasteiger partial charge < -0.3 is 10.2 Å². The fourth-order valence-corrected chi connectivity index (χ4v) is 4.65. The molecule has 1 saturated heterocycles. The number of hydrogen-bond donors (Lipinski definition) is 1. The number of carbonyl (C=O) groups is 1. The molecule has 190 valence electrons. The summed E-state index contributed by atoms with van der Waals surface area (Å²) < 4.78 is 28.4. The zero-order valence-corrected chi connectivity index (χ0v) is 20.4. The van der Waals surface area contributed by atoms with E-state index in [0.717, 1.165) is 36.1 Å². The van der Waals surface area contributed by atoms with E-state index in [9.17, 15) is 13.6 Å². The number of rotatable bonds is 6. The van der Waals surface area contributed by atoms with Gasteiger partial charge in [0.05, 0.1) is 11.4 Å². The van der Waals surface area contributed by atoms with Crippen LogP contribution in [0.15, 0.2) is 73.1 Å². The van der Waals surface area contributed by atoms with Gasteiger partial charge in [0.15, 0.2) is 0 Å². The Kier molecular flexibility index (Phi) is 7.49. The van der Waals surface area contributed by atoms with Crippen LogP contribution in [0, 0.1) is 11.6 Å². The molecule has 0 saturated carbocycles. The number of urea groups is 1. The average molecular weight is 503 g/mol. The van der Waals surface area contributed by atoms with Gasteiger partial charge in [-0.25, -0.2) is 28.2 Å². The second-order valence-corrected chi connectivity index (χ2v) is 9.17. The predicted molar refractivity (Wildman–Crippen MR) is 136 cm³/mol. The first-order chi connectivity index (χ1) is 18.1. The molecule has 1 fully saturated rings. The van der Waals surface area contributed by atoms with Gasteiger partial charge >= 0.3 is 6.03 Å². The Bertz CT molecular complexity index is 1330. The molecule has 0 radical (unpaired) electrons. The molecule has 3 heterocycles. The number of hydrogen-bond acceptors (Lipinski definition) is 4. The first kappa shape index (κ1) is 24.5. The summed E-state index contributed by atoms with van der Waals surface area (Å²) in [5.41, 5.74) is 3.37. The Morgan fingerprint density at radius 2 is 1.68 bits per heavy atom. The van der Waals surface area contributed by atoms with Gasteiger partial charge in [0.25, 0.3) is 5.95 Å². The van der Waals surface area contributed by atoms with Gasteiger partial charge in [0.2, 0.25) is 0 Å². The molecule has 0 spiro atoms. The Morgan fingerprint density at radius 1 is 0.973 bits per heavy atom. The number of nitrogens with one attached hydrogen (secondary N) is 1. The van der Waals surface area contributed by atoms with Crippen LogP contribution in [0.3, 0.4) is 0 Å². The minimum absolute atomic E-state index is 0.0239. The third kappa shape index (κ3) is 5.99. The van der Waals surface area contributed by atoms with E-state index in [1.807, 2.05) is 11.0 Å². The number of carbonyl (C=O) groups excluding carboxylic acids is 1. The highest BCUT2D eigenvalue weighted by Crippen LogP contribution is 2.31. The van der Waals surface area contributed by atoms with E-state index >= 15 is 0 Å². The SMILES string of the molecule is O=C(NCCc1ccc(F)cc1)N1CCCCC(c2cc(-c3ccc(F)cc3)nn2-c2ncccn2)C1. The molecule has 2 aromatic heterocycles. The molecule has 7 nitrogen and oxygen atoms in total. The minimum Gasteiger partial charge on any atom is -0.338 e. The molecule has 1 atom stereocenters. The van der Waals surface area contributed by atoms with Crippen molar-refractivity contribution in [1.29, 1.82) is 0 Å². The van der Waals surface area contributed by atoms with Crippen molar-refractivity contribution in [3.8, 4) is 17.2 Å². The Balaban J connectivity index is 1.35. The molecule has 0 aliphatic carbocycles. The third-order valence-electron chi connectivity index (χ3n) is 6.60. The van der Waals surface area contributed by atoms with E-state index in [2.05, 4.69) is 15.3 Å². The van der Waals surface area contributed by atoms with Crippen LogP contribution >= 0.6 is 0 Å². The van der Waals surface area contributed by atoms with E-state index in [0.29, 0.717) is 37.7 Å². The van der Waals surface area contributed by atoms with E-state index in [1.54, 1.807) is 47.4 Å². The number of likely N-dealkylation sites (tertiary alicyclic amines) is 1. The molecular formula is C28H28F2N6O. The average Bonchev–Trinajstić information content (AvgIpc) is 3.21. The Hall–Kier alpha value is -4.14. The van der Waals surface area contributed by atoms with Gasteiger partial charge in [-0.2, -0.15) is 5.10 Å². The summed E-state index contributed by atoms with van der Waals surface area (Å²) in [6, 6.07) is 16.2. The quantitative estimate of drug-likeness (QED) is 0.397. The number of benzene rings is 2. The zero-order chi connectivity index (χ0) is 25.6. The van der Waals surface area contributed by atoms with Crippen molar-refractivity contribution in [3.05, 3.63) is 95.9 Å². The van der Waals surface area contributed by atoms with Crippen LogP contribution in [0.4, 0.5) is 13.6 Å². The van der Waals surface area contributed by atoms with Crippen LogP contribution < -0.4 is 5.32 Å². The molecule has 5 rings (SSSR count). The summed E-state index contributed by atoms with van der Waals surface area (Å²) in [7, 11) is 0. The number of halogens is 2. The Labute approximate surface area is 214 Å². The van der Waals surface area contributed by atoms with Crippen molar-refractivity contribution >= 4 is 6.03 Å². The summed E-state index contributed by atoms with van der Waals surface area (Å²) in [5.74, 6) is -0.105. The minimum atomic E-state index is -0.306. The van der Waals surface area contributed by atoms with Crippen molar-refractivity contribution in [2.45, 2.75) is 31.6 Å². The van der Waals surface area contributed by atoms with Crippen LogP contribution in [0.25, 0.3) is 17.2 Å². The fraction of sp³-hybridized carbons (Fsp3) is 0.286. The molecule has 9 heteroatoms. The molecule has 2 aromatic carbocycles. The van der Waals surface area contributed by atoms with Crippen LogP contribution in [-0.4, -0.2) is 50.3 Å². The largest absolute Gasteiger partial charge is 0.338 e. The van der Waals surface area contributed by atoms with Gasteiger partial charge in [-0.15, -0.1) is 0 Å². The molecule has 1 N–H and O–H groups in total. The lowest BCUT2D eigenvalue weighted by Crippen LogP contribution is -2.42. The summed E-state index contributed by atoms with van der Waals surface area (Å²) in [5, 5.41) is 7.78. The van der Waals surface area contributed by atoms with Gasteiger partial charge in [0.1, 0.15) is 11.6 Å². The van der Waals surface area contributed by atoms with Crippen LogP contribution in [-0.2, 0) is 6.42 Å². The highest BCUT2D eigenvalue weighted by Gasteiger charge is 2.27. The normalized spacial score (nSPS) is 15.8. The van der Waals surface area contributed by atoms with Crippen LogP contribution in [0.1, 0.15) is 36.4 Å². The topological polar surface area (TPSA) is 75.9 Å². The van der Waals surface area contributed by atoms with Crippen LogP contribution in [0.5, 0.6) is 0 Å². The summed E-state index contributed by atoms with van der Waals surface area (Å²) >= 11 is 0. The maximum absolute atomic E-state index is 13.5. The maximum atomic E-state index is 13.5. The van der Waals surface area contributed by atoms with Gasteiger partial charge in [-0.1, -0.05) is 18.6 Å². The second-order valence-electron chi connectivity index (χ2n) is 9.17. The standard InChI is InChI=1S/C28H28F2N6O/c29-23-9-5-20(6-10-23)13-16-33-28(37)35-17-2-1-4-22(19-35)26-18-25(21-7-11-24(30)12-8-21)34-36(26)27-31-14-3-15-32-27/h3,5-12,14-15,18,22H,1-2,4,13,16-17,19H2,(H,33,37). The molecule has 4 aromatic rings. The van der Waals surface area contributed by atoms with E-state index < -0.39 is 0 Å². The predicted octanol–water partition coefficient (Wildman–Crippen LogP) is 5.13. The lowest BCUT2D eigenvalue weighted by Gasteiger charge is -2.25. The maximum Gasteiger partial charge on any atom is 0.317 e. The number of nitrogens with zero attached hydrogens (tertiary/aromatic N) is 5. The molecule has 2 amide bonds. The fourth-order valence-electron chi connectivity index (χ4n) is 4.65. The van der Waals surface area contributed by atoms with Crippen molar-refractivity contribution in [1.82, 2.24) is 30.0 Å². The van der Waals surface area contributed by atoms with E-state index in [-0.39, 0.29) is 23.6 Å². The lowest BCUT2D eigenvalue weighted by molar-refractivity contribution is 0.197. The number of aromatic nitrogens is 4. The molecule has 0 bridgehead atoms. The molecule has 1 aliphatic rings. The van der Waals surface area contributed by atoms with Crippen molar-refractivity contribution < 1.29 is 13.6 Å². The van der Waals surface area contributed by atoms with E-state index in [4.69, 9.17) is 5.10 Å². The van der Waals surface area contributed by atoms with Crippen molar-refractivity contribution in [2.24, 2.45) is 0 Å². The molecule has 1 unspecified atom stereocenters. The van der Waals surface area contributed by atoms with Gasteiger partial charge in [-0.3, -0.25) is 0 Å². The molecule has 1 aliphatic heterocycles. The smallest absolute Gasteiger partial charge is 0.317 e. The van der Waals surface area contributed by atoms with Gasteiger partial charge in [0, 0.05) is 43.5 Å². The van der Waals surface area contributed by atoms with Crippen molar-refractivity contribution in [3.63, 3.8) is 0 Å². The van der Waals surface area contributed by atoms with Crippen LogP contribution in [0.2, 0.25) is 0 Å². The monoisotopic (exact) mass is 502 g/mol. The van der Waals surface area contributed by atoms with Gasteiger partial charge in [-0.05, 0) is 73.4 Å². The molecular weight excluding hydrogens is 474 g/mol. The van der Waals surface area contributed by atoms with E-state index in [1.165, 1.54) is 24.3 Å². The first-order valence-corrected chi connectivity index (χ1v) is 12.5. The number of amides is 2. The Morgan fingerprint density at radius 3 is 2.41 bits per heavy atom.